The molecule has 1 heterocycles. The van der Waals surface area contributed by atoms with Crippen LogP contribution in [0, 0.1) is 11.3 Å². The van der Waals surface area contributed by atoms with Gasteiger partial charge in [0.25, 0.3) is 15.6 Å². The number of carbonyl (C=O) groups excluding carboxylic acids is 1. The maximum absolute atomic E-state index is 13.6. The van der Waals surface area contributed by atoms with Gasteiger partial charge < -0.3 is 25.0 Å². The molecule has 228 valence electrons. The Kier molecular flexibility index (Phi) is 11.5. The lowest BCUT2D eigenvalue weighted by molar-refractivity contribution is -0.114. The number of azo groups is 1. The topological polar surface area (TPSA) is 196 Å². The van der Waals surface area contributed by atoms with E-state index in [-0.39, 0.29) is 72.8 Å². The Bertz CT molecular complexity index is 1680. The molecule has 0 radical (unpaired) electrons. The van der Waals surface area contributed by atoms with E-state index < -0.39 is 21.5 Å². The van der Waals surface area contributed by atoms with E-state index in [2.05, 4.69) is 15.5 Å². The number of aliphatic hydroxyl groups is 1. The molecule has 2 aromatic carbocycles. The first-order valence-electron chi connectivity index (χ1n) is 13.1. The van der Waals surface area contributed by atoms with E-state index in [1.165, 1.54) is 42.6 Å². The van der Waals surface area contributed by atoms with Gasteiger partial charge in [0, 0.05) is 31.8 Å². The van der Waals surface area contributed by atoms with E-state index in [1.807, 2.05) is 6.07 Å². The summed E-state index contributed by atoms with van der Waals surface area (Å²) in [5, 5.41) is 40.3. The van der Waals surface area contributed by atoms with Crippen molar-refractivity contribution in [3.8, 4) is 11.9 Å². The highest BCUT2D eigenvalue weighted by Crippen LogP contribution is 2.34. The van der Waals surface area contributed by atoms with Gasteiger partial charge in [-0.25, -0.2) is 8.42 Å². The van der Waals surface area contributed by atoms with Crippen LogP contribution in [0.2, 0.25) is 0 Å². The third-order valence-electron chi connectivity index (χ3n) is 6.04. The van der Waals surface area contributed by atoms with Gasteiger partial charge in [-0.15, -0.1) is 5.11 Å². The maximum atomic E-state index is 13.6. The fourth-order valence-corrected chi connectivity index (χ4v) is 5.64. The molecule has 0 aliphatic carbocycles. The van der Waals surface area contributed by atoms with Crippen LogP contribution in [0.5, 0.6) is 5.88 Å². The van der Waals surface area contributed by atoms with Crippen LogP contribution in [0.4, 0.5) is 22.7 Å². The Balaban J connectivity index is 2.01. The van der Waals surface area contributed by atoms with E-state index in [4.69, 9.17) is 14.6 Å². The van der Waals surface area contributed by atoms with Crippen molar-refractivity contribution in [1.82, 2.24) is 4.57 Å². The van der Waals surface area contributed by atoms with Crippen LogP contribution >= 0.6 is 0 Å². The summed E-state index contributed by atoms with van der Waals surface area (Å²) < 4.78 is 39.6. The number of nitrogens with one attached hydrogen (secondary N) is 1. The summed E-state index contributed by atoms with van der Waals surface area (Å²) in [4.78, 5) is 24.1. The van der Waals surface area contributed by atoms with Crippen LogP contribution in [-0.2, 0) is 37.4 Å². The number of aliphatic hydroxyl groups excluding tert-OH is 1. The highest BCUT2D eigenvalue weighted by atomic mass is 32.2. The predicted octanol–water partition coefficient (Wildman–Crippen LogP) is 3.17. The van der Waals surface area contributed by atoms with Gasteiger partial charge in [-0.3, -0.25) is 18.5 Å². The molecule has 0 atom stereocenters. The molecule has 0 aliphatic rings. The second-order valence-corrected chi connectivity index (χ2v) is 10.8. The van der Waals surface area contributed by atoms with Gasteiger partial charge in [-0.05, 0) is 49.4 Å². The Morgan fingerprint density at radius 1 is 1.16 bits per heavy atom. The third-order valence-corrected chi connectivity index (χ3v) is 7.94. The van der Waals surface area contributed by atoms with Crippen molar-refractivity contribution in [2.45, 2.75) is 31.9 Å². The van der Waals surface area contributed by atoms with Crippen molar-refractivity contribution in [2.24, 2.45) is 10.2 Å². The smallest absolute Gasteiger partial charge is 0.271 e. The Morgan fingerprint density at radius 3 is 2.49 bits per heavy atom. The minimum Gasteiger partial charge on any atom is -0.493 e. The Morgan fingerprint density at radius 2 is 1.88 bits per heavy atom. The van der Waals surface area contributed by atoms with Gasteiger partial charge in [0.15, 0.2) is 5.69 Å². The van der Waals surface area contributed by atoms with Crippen molar-refractivity contribution in [3.63, 3.8) is 0 Å². The summed E-state index contributed by atoms with van der Waals surface area (Å²) in [6, 6.07) is 13.8. The zero-order valence-electron chi connectivity index (χ0n) is 23.8. The van der Waals surface area contributed by atoms with Gasteiger partial charge in [0.1, 0.15) is 11.6 Å². The number of hydrogen-bond acceptors (Lipinski definition) is 11. The average molecular weight is 613 g/mol. The van der Waals surface area contributed by atoms with Crippen LogP contribution in [0.25, 0.3) is 0 Å². The highest BCUT2D eigenvalue weighted by molar-refractivity contribution is 7.92. The lowest BCUT2D eigenvalue weighted by Crippen LogP contribution is -2.30. The summed E-state index contributed by atoms with van der Waals surface area (Å²) in [5.74, 6) is -0.841. The monoisotopic (exact) mass is 612 g/mol. The van der Waals surface area contributed by atoms with Crippen LogP contribution in [-0.4, -0.2) is 62.6 Å². The van der Waals surface area contributed by atoms with Crippen molar-refractivity contribution in [3.05, 3.63) is 70.0 Å². The number of carbonyl (C=O) groups is 1. The molecule has 0 saturated heterocycles. The van der Waals surface area contributed by atoms with Crippen molar-refractivity contribution in [1.29, 1.82) is 5.26 Å². The number of rotatable bonds is 14. The van der Waals surface area contributed by atoms with E-state index in [1.54, 1.807) is 31.2 Å². The number of amides is 1. The average Bonchev–Trinajstić information content (AvgIpc) is 2.98. The molecule has 3 N–H and O–H groups in total. The number of aromatic hydroxyl groups is 1. The third kappa shape index (κ3) is 7.81. The summed E-state index contributed by atoms with van der Waals surface area (Å²) in [7, 11) is -2.71. The molecule has 43 heavy (non-hydrogen) atoms. The second-order valence-electron chi connectivity index (χ2n) is 8.96. The van der Waals surface area contributed by atoms with E-state index in [9.17, 15) is 28.4 Å². The molecule has 1 aromatic heterocycles. The zero-order chi connectivity index (χ0) is 31.6. The molecule has 3 aromatic rings. The van der Waals surface area contributed by atoms with Gasteiger partial charge in [0.2, 0.25) is 11.8 Å². The van der Waals surface area contributed by atoms with Crippen LogP contribution in [0.15, 0.2) is 68.4 Å². The summed E-state index contributed by atoms with van der Waals surface area (Å²) in [6.07, 6.45) is 0. The number of nitrogens with zero attached hydrogens (tertiary/aromatic N) is 5. The zero-order valence-corrected chi connectivity index (χ0v) is 24.7. The number of aromatic nitrogens is 1. The van der Waals surface area contributed by atoms with E-state index in [0.29, 0.717) is 11.4 Å². The maximum Gasteiger partial charge on any atom is 0.271 e. The number of pyridine rings is 1. The summed E-state index contributed by atoms with van der Waals surface area (Å²) in [6.45, 7) is 2.54. The quantitative estimate of drug-likeness (QED) is 0.181. The molecule has 0 unspecified atom stereocenters. The fourth-order valence-electron chi connectivity index (χ4n) is 4.12. The summed E-state index contributed by atoms with van der Waals surface area (Å²) >= 11 is 0. The fraction of sp³-hybridized carbons (Fsp3) is 0.321. The molecule has 0 fully saturated rings. The summed E-state index contributed by atoms with van der Waals surface area (Å²) in [5.41, 5.74) is -0.274. The number of ether oxygens (including phenoxy) is 2. The van der Waals surface area contributed by atoms with Gasteiger partial charge in [-0.2, -0.15) is 10.4 Å². The van der Waals surface area contributed by atoms with Crippen LogP contribution in [0.1, 0.15) is 25.0 Å². The number of nitriles is 1. The highest BCUT2D eigenvalue weighted by Gasteiger charge is 2.25. The normalized spacial score (nSPS) is 11.4. The SMILES string of the molecule is CCN(c1ccc(NC(C)=O)cc1)S(=O)(=O)c1cccc(/N=N/c2c(COC)c(C#N)c(=O)n(CCOCCO)c2O)c1. The number of sulfonamides is 1. The molecular formula is C28H32N6O8S. The van der Waals surface area contributed by atoms with Crippen molar-refractivity contribution >= 4 is 38.7 Å². The lowest BCUT2D eigenvalue weighted by atomic mass is 10.1. The minimum atomic E-state index is -4.05. The standard InChI is InChI=1S/C28H32N6O8S/c1-4-34(22-10-8-20(9-11-22)30-19(2)36)43(39,40)23-7-5-6-21(16-23)31-32-26-25(18-41-3)24(17-29)27(37)33(28(26)38)12-14-42-15-13-35/h5-11,16,35,38H,4,12-15,18H2,1-3H3,(H,30,36)/b32-31+. The first kappa shape index (κ1) is 32.9. The van der Waals surface area contributed by atoms with Crippen LogP contribution in [0.3, 0.4) is 0 Å². The molecule has 14 nitrogen and oxygen atoms in total. The second kappa shape index (κ2) is 15.0. The van der Waals surface area contributed by atoms with Crippen molar-refractivity contribution in [2.75, 3.05) is 43.1 Å². The molecule has 15 heteroatoms. The molecule has 0 saturated carbocycles. The Hall–Kier alpha value is -4.62. The number of methoxy groups -OCH3 is 1. The first-order valence-corrected chi connectivity index (χ1v) is 14.5. The van der Waals surface area contributed by atoms with Gasteiger partial charge >= 0.3 is 0 Å². The van der Waals surface area contributed by atoms with Crippen molar-refractivity contribution < 1.29 is 32.9 Å². The van der Waals surface area contributed by atoms with Gasteiger partial charge in [-0.1, -0.05) is 6.07 Å². The number of benzene rings is 2. The largest absolute Gasteiger partial charge is 0.493 e. The predicted molar refractivity (Wildman–Crippen MR) is 157 cm³/mol. The van der Waals surface area contributed by atoms with Gasteiger partial charge in [0.05, 0.1) is 49.2 Å². The molecule has 0 spiro atoms. The molecule has 3 rings (SSSR count). The Labute approximate surface area is 248 Å². The molecule has 0 bridgehead atoms. The molecular weight excluding hydrogens is 580 g/mol. The van der Waals surface area contributed by atoms with Crippen LogP contribution < -0.4 is 15.2 Å². The molecule has 0 aliphatic heterocycles. The lowest BCUT2D eigenvalue weighted by Gasteiger charge is -2.23. The minimum absolute atomic E-state index is 0.00687. The van der Waals surface area contributed by atoms with E-state index >= 15 is 0 Å². The number of hydrogen-bond donors (Lipinski definition) is 3. The molecule has 1 amide bonds. The number of anilines is 2. The first-order chi connectivity index (χ1) is 20.6. The van der Waals surface area contributed by atoms with E-state index in [0.717, 1.165) is 4.57 Å².